The molecule has 0 amide bonds. The van der Waals surface area contributed by atoms with Gasteiger partial charge in [0.05, 0.1) is 16.3 Å². The van der Waals surface area contributed by atoms with E-state index in [0.29, 0.717) is 0 Å². The summed E-state index contributed by atoms with van der Waals surface area (Å²) in [6.45, 7) is 5.52. The number of anilines is 1. The Morgan fingerprint density at radius 3 is 2.24 bits per heavy atom. The fourth-order valence-electron chi connectivity index (χ4n) is 1.80. The van der Waals surface area contributed by atoms with Gasteiger partial charge in [0, 0.05) is 12.0 Å². The van der Waals surface area contributed by atoms with E-state index in [-0.39, 0.29) is 35.0 Å². The molecule has 0 bridgehead atoms. The van der Waals surface area contributed by atoms with E-state index in [1.165, 1.54) is 6.07 Å². The van der Waals surface area contributed by atoms with Crippen molar-refractivity contribution >= 4 is 29.7 Å². The standard InChI is InChI=1S/C13H18ClF3N2O.ClH/c1-12(2,3)19-10(20)6-7-4-8(13(15,16)17)11(18)9(14)5-7;/h4-5,10,19-20H,6,18H2,1-3H3;1H. The van der Waals surface area contributed by atoms with Gasteiger partial charge in [-0.3, -0.25) is 5.32 Å². The van der Waals surface area contributed by atoms with Gasteiger partial charge in [-0.2, -0.15) is 13.2 Å². The molecule has 122 valence electrons. The van der Waals surface area contributed by atoms with E-state index in [9.17, 15) is 18.3 Å². The van der Waals surface area contributed by atoms with Gasteiger partial charge < -0.3 is 10.8 Å². The number of aliphatic hydroxyl groups is 1. The van der Waals surface area contributed by atoms with Crippen molar-refractivity contribution in [3.63, 3.8) is 0 Å². The Balaban J connectivity index is 0.00000400. The van der Waals surface area contributed by atoms with Crippen molar-refractivity contribution in [1.82, 2.24) is 5.32 Å². The lowest BCUT2D eigenvalue weighted by atomic mass is 10.0. The highest BCUT2D eigenvalue weighted by molar-refractivity contribution is 6.33. The van der Waals surface area contributed by atoms with Gasteiger partial charge in [0.25, 0.3) is 0 Å². The molecule has 1 atom stereocenters. The van der Waals surface area contributed by atoms with Crippen molar-refractivity contribution in [3.8, 4) is 0 Å². The topological polar surface area (TPSA) is 58.3 Å². The Labute approximate surface area is 133 Å². The van der Waals surface area contributed by atoms with Gasteiger partial charge in [0.1, 0.15) is 6.23 Å². The van der Waals surface area contributed by atoms with Gasteiger partial charge in [-0.25, -0.2) is 0 Å². The number of halogens is 5. The maximum absolute atomic E-state index is 12.8. The van der Waals surface area contributed by atoms with E-state index < -0.39 is 23.7 Å². The predicted molar refractivity (Wildman–Crippen MR) is 80.7 cm³/mol. The fraction of sp³-hybridized carbons (Fsp3) is 0.538. The van der Waals surface area contributed by atoms with E-state index in [2.05, 4.69) is 5.32 Å². The van der Waals surface area contributed by atoms with Crippen molar-refractivity contribution in [2.45, 2.75) is 45.1 Å². The second kappa shape index (κ2) is 7.05. The van der Waals surface area contributed by atoms with E-state index in [0.717, 1.165) is 6.07 Å². The third kappa shape index (κ3) is 6.30. The first-order valence-corrected chi connectivity index (χ1v) is 6.39. The summed E-state index contributed by atoms with van der Waals surface area (Å²) < 4.78 is 38.4. The van der Waals surface area contributed by atoms with Crippen LogP contribution in [0.4, 0.5) is 18.9 Å². The minimum Gasteiger partial charge on any atom is -0.397 e. The van der Waals surface area contributed by atoms with Crippen LogP contribution in [0, 0.1) is 0 Å². The maximum Gasteiger partial charge on any atom is 0.418 e. The number of nitrogens with one attached hydrogen (secondary N) is 1. The van der Waals surface area contributed by atoms with Crippen LogP contribution in [0.2, 0.25) is 5.02 Å². The third-order valence-electron chi connectivity index (χ3n) is 2.52. The molecule has 0 radical (unpaired) electrons. The summed E-state index contributed by atoms with van der Waals surface area (Å²) in [5.41, 5.74) is 3.77. The van der Waals surface area contributed by atoms with Gasteiger partial charge in [0.2, 0.25) is 0 Å². The van der Waals surface area contributed by atoms with E-state index in [1.54, 1.807) is 0 Å². The van der Waals surface area contributed by atoms with Crippen molar-refractivity contribution in [3.05, 3.63) is 28.3 Å². The summed E-state index contributed by atoms with van der Waals surface area (Å²) in [6.07, 6.45) is -5.55. The number of nitrogen functional groups attached to an aromatic ring is 1. The molecular weight excluding hydrogens is 328 g/mol. The summed E-state index contributed by atoms with van der Waals surface area (Å²) in [6, 6.07) is 2.24. The Kier molecular flexibility index (Phi) is 6.82. The van der Waals surface area contributed by atoms with Gasteiger partial charge >= 0.3 is 6.18 Å². The largest absolute Gasteiger partial charge is 0.418 e. The molecule has 8 heteroatoms. The van der Waals surface area contributed by atoms with Crippen LogP contribution in [0.1, 0.15) is 31.9 Å². The quantitative estimate of drug-likeness (QED) is 0.578. The van der Waals surface area contributed by atoms with Crippen molar-refractivity contribution in [2.24, 2.45) is 0 Å². The number of alkyl halides is 3. The summed E-state index contributed by atoms with van der Waals surface area (Å²) >= 11 is 5.71. The highest BCUT2D eigenvalue weighted by Crippen LogP contribution is 2.37. The molecule has 0 fully saturated rings. The minimum atomic E-state index is -4.58. The zero-order chi connectivity index (χ0) is 15.7. The molecule has 1 aromatic carbocycles. The molecule has 0 heterocycles. The average molecular weight is 347 g/mol. The molecule has 0 spiro atoms. The molecule has 0 saturated carbocycles. The Morgan fingerprint density at radius 1 is 1.29 bits per heavy atom. The van der Waals surface area contributed by atoms with Gasteiger partial charge in [-0.1, -0.05) is 11.6 Å². The highest BCUT2D eigenvalue weighted by Gasteiger charge is 2.34. The van der Waals surface area contributed by atoms with Crippen molar-refractivity contribution < 1.29 is 18.3 Å². The van der Waals surface area contributed by atoms with Crippen molar-refractivity contribution in [2.75, 3.05) is 5.73 Å². The number of benzene rings is 1. The molecule has 0 saturated heterocycles. The summed E-state index contributed by atoms with van der Waals surface area (Å²) in [7, 11) is 0. The molecule has 1 rings (SSSR count). The van der Waals surface area contributed by atoms with Crippen LogP contribution >= 0.6 is 24.0 Å². The lowest BCUT2D eigenvalue weighted by Crippen LogP contribution is -2.44. The van der Waals surface area contributed by atoms with E-state index in [4.69, 9.17) is 17.3 Å². The number of hydrogen-bond acceptors (Lipinski definition) is 3. The predicted octanol–water partition coefficient (Wildman–Crippen LogP) is 3.61. The second-order valence-electron chi connectivity index (χ2n) is 5.65. The lowest BCUT2D eigenvalue weighted by molar-refractivity contribution is -0.137. The molecule has 0 aliphatic heterocycles. The fourth-order valence-corrected chi connectivity index (χ4v) is 2.04. The van der Waals surface area contributed by atoms with Gasteiger partial charge in [-0.15, -0.1) is 12.4 Å². The second-order valence-corrected chi connectivity index (χ2v) is 6.06. The van der Waals surface area contributed by atoms with E-state index >= 15 is 0 Å². The molecule has 1 unspecified atom stereocenters. The van der Waals surface area contributed by atoms with Crippen LogP contribution in [0.15, 0.2) is 12.1 Å². The van der Waals surface area contributed by atoms with E-state index in [1.807, 2.05) is 20.8 Å². The third-order valence-corrected chi connectivity index (χ3v) is 2.84. The summed E-state index contributed by atoms with van der Waals surface area (Å²) in [4.78, 5) is 0. The first kappa shape index (κ1) is 20.3. The maximum atomic E-state index is 12.8. The molecule has 0 aromatic heterocycles. The molecule has 3 nitrogen and oxygen atoms in total. The molecule has 0 aliphatic carbocycles. The number of hydrogen-bond donors (Lipinski definition) is 3. The number of aliphatic hydroxyl groups excluding tert-OH is 1. The SMILES string of the molecule is CC(C)(C)NC(O)Cc1cc(Cl)c(N)c(C(F)(F)F)c1.Cl. The minimum absolute atomic E-state index is 0. The van der Waals surface area contributed by atoms with Crippen LogP contribution in [0.5, 0.6) is 0 Å². The lowest BCUT2D eigenvalue weighted by Gasteiger charge is -2.25. The van der Waals surface area contributed by atoms with Crippen LogP contribution < -0.4 is 11.1 Å². The molecule has 0 aliphatic rings. The first-order valence-electron chi connectivity index (χ1n) is 6.01. The Hall–Kier alpha value is -0.690. The van der Waals surface area contributed by atoms with Crippen molar-refractivity contribution in [1.29, 1.82) is 0 Å². The average Bonchev–Trinajstić information content (AvgIpc) is 2.18. The zero-order valence-corrected chi connectivity index (χ0v) is 13.5. The first-order chi connectivity index (χ1) is 8.90. The molecular formula is C13H19Cl2F3N2O. The Bertz CT molecular complexity index is 488. The van der Waals surface area contributed by atoms with Gasteiger partial charge in [-0.05, 0) is 38.5 Å². The van der Waals surface area contributed by atoms with Crippen LogP contribution in [0.3, 0.4) is 0 Å². The smallest absolute Gasteiger partial charge is 0.397 e. The molecule has 21 heavy (non-hydrogen) atoms. The molecule has 1 aromatic rings. The monoisotopic (exact) mass is 346 g/mol. The van der Waals surface area contributed by atoms with Crippen LogP contribution in [-0.4, -0.2) is 16.9 Å². The normalized spacial score (nSPS) is 13.7. The summed E-state index contributed by atoms with van der Waals surface area (Å²) in [5, 5.41) is 12.5. The van der Waals surface area contributed by atoms with Crippen LogP contribution in [-0.2, 0) is 12.6 Å². The number of rotatable bonds is 3. The zero-order valence-electron chi connectivity index (χ0n) is 11.9. The Morgan fingerprint density at radius 2 is 1.81 bits per heavy atom. The van der Waals surface area contributed by atoms with Crippen LogP contribution in [0.25, 0.3) is 0 Å². The highest BCUT2D eigenvalue weighted by atomic mass is 35.5. The van der Waals surface area contributed by atoms with Gasteiger partial charge in [0.15, 0.2) is 0 Å². The number of nitrogens with two attached hydrogens (primary N) is 1. The molecule has 4 N–H and O–H groups in total. The summed E-state index contributed by atoms with van der Waals surface area (Å²) in [5.74, 6) is 0.